The summed E-state index contributed by atoms with van der Waals surface area (Å²) in [7, 11) is 0. The summed E-state index contributed by atoms with van der Waals surface area (Å²) in [5.74, 6) is 0.937. The van der Waals surface area contributed by atoms with Crippen LogP contribution < -0.4 is 19.7 Å². The standard InChI is InChI=1S/C24H29F2N3O4S/c1-34(31)29-10-8-17(9-11-29)15-27-23(30)18-6-7-20-22(14-18)32-13-12-28(20)16-19-4-2-3-5-21(19)33-24(25)26/h2-7,14,17,24H,8-13,15-16H2,1H3,(H,27,30). The smallest absolute Gasteiger partial charge is 0.387 e. The van der Waals surface area contributed by atoms with Crippen LogP contribution in [0.2, 0.25) is 0 Å². The zero-order valence-electron chi connectivity index (χ0n) is 19.0. The molecule has 0 aromatic heterocycles. The number of amides is 1. The Bertz CT molecular complexity index is 986. The van der Waals surface area contributed by atoms with Crippen molar-refractivity contribution in [2.24, 2.45) is 5.92 Å². The van der Waals surface area contributed by atoms with Crippen molar-refractivity contribution in [3.63, 3.8) is 0 Å². The van der Waals surface area contributed by atoms with E-state index in [-0.39, 0.29) is 11.7 Å². The van der Waals surface area contributed by atoms with E-state index in [0.717, 1.165) is 31.6 Å². The minimum absolute atomic E-state index is 0.151. The largest absolute Gasteiger partial charge is 0.598 e. The Hall–Kier alpha value is -2.56. The highest BCUT2D eigenvalue weighted by atomic mass is 32.2. The SMILES string of the molecule is C[S+]([O-])N1CCC(CNC(=O)c2ccc3c(c2)OCCN3Cc2ccccc2OC(F)F)CC1. The Morgan fingerprint density at radius 2 is 2.00 bits per heavy atom. The van der Waals surface area contributed by atoms with Gasteiger partial charge in [-0.15, -0.1) is 4.31 Å². The van der Waals surface area contributed by atoms with Crippen LogP contribution >= 0.6 is 0 Å². The fourth-order valence-corrected chi connectivity index (χ4v) is 5.07. The van der Waals surface area contributed by atoms with Crippen LogP contribution in [-0.2, 0) is 17.9 Å². The summed E-state index contributed by atoms with van der Waals surface area (Å²) >= 11 is -0.944. The molecule has 1 N–H and O–H groups in total. The van der Waals surface area contributed by atoms with Gasteiger partial charge in [-0.05, 0) is 43.0 Å². The van der Waals surface area contributed by atoms with Crippen molar-refractivity contribution in [2.75, 3.05) is 43.9 Å². The summed E-state index contributed by atoms with van der Waals surface area (Å²) in [6, 6.07) is 12.0. The van der Waals surface area contributed by atoms with E-state index >= 15 is 0 Å². The van der Waals surface area contributed by atoms with Crippen LogP contribution in [-0.4, -0.2) is 60.4 Å². The number of anilines is 1. The molecule has 10 heteroatoms. The maximum Gasteiger partial charge on any atom is 0.387 e. The minimum Gasteiger partial charge on any atom is -0.598 e. The molecule has 2 aromatic carbocycles. The van der Waals surface area contributed by atoms with Crippen molar-refractivity contribution in [1.29, 1.82) is 0 Å². The first-order valence-electron chi connectivity index (χ1n) is 11.3. The number of hydrogen-bond acceptors (Lipinski definition) is 6. The Morgan fingerprint density at radius 1 is 1.24 bits per heavy atom. The first-order valence-corrected chi connectivity index (χ1v) is 12.8. The van der Waals surface area contributed by atoms with E-state index in [9.17, 15) is 18.1 Å². The lowest BCUT2D eigenvalue weighted by atomic mass is 9.98. The number of alkyl halides is 2. The monoisotopic (exact) mass is 493 g/mol. The summed E-state index contributed by atoms with van der Waals surface area (Å²) in [4.78, 5) is 14.8. The van der Waals surface area contributed by atoms with Gasteiger partial charge in [0.25, 0.3) is 5.91 Å². The van der Waals surface area contributed by atoms with E-state index in [1.54, 1.807) is 36.6 Å². The van der Waals surface area contributed by atoms with Crippen molar-refractivity contribution in [2.45, 2.75) is 26.0 Å². The molecule has 1 fully saturated rings. The molecule has 184 valence electrons. The lowest BCUT2D eigenvalue weighted by molar-refractivity contribution is -0.0504. The number of benzene rings is 2. The number of para-hydroxylation sites is 1. The maximum absolute atomic E-state index is 12.8. The highest BCUT2D eigenvalue weighted by Crippen LogP contribution is 2.35. The summed E-state index contributed by atoms with van der Waals surface area (Å²) in [6.45, 7) is 0.633. The molecule has 7 nitrogen and oxygen atoms in total. The van der Waals surface area contributed by atoms with Crippen molar-refractivity contribution in [3.8, 4) is 11.5 Å². The van der Waals surface area contributed by atoms with Gasteiger partial charge in [-0.25, -0.2) is 0 Å². The molecular formula is C24H29F2N3O4S. The highest BCUT2D eigenvalue weighted by Gasteiger charge is 2.25. The fourth-order valence-electron chi connectivity index (χ4n) is 4.34. The molecule has 34 heavy (non-hydrogen) atoms. The average molecular weight is 494 g/mol. The number of halogens is 2. The molecule has 2 aliphatic rings. The topological polar surface area (TPSA) is 77.1 Å². The van der Waals surface area contributed by atoms with Crippen LogP contribution in [0.15, 0.2) is 42.5 Å². The molecule has 1 unspecified atom stereocenters. The van der Waals surface area contributed by atoms with Gasteiger partial charge in [-0.1, -0.05) is 18.2 Å². The third-order valence-corrected chi connectivity index (χ3v) is 7.31. The van der Waals surface area contributed by atoms with Gasteiger partial charge in [0.05, 0.1) is 12.2 Å². The van der Waals surface area contributed by atoms with Crippen molar-refractivity contribution >= 4 is 23.0 Å². The van der Waals surface area contributed by atoms with Gasteiger partial charge in [0.1, 0.15) is 24.4 Å². The molecular weight excluding hydrogens is 464 g/mol. The van der Waals surface area contributed by atoms with E-state index < -0.39 is 18.0 Å². The van der Waals surface area contributed by atoms with Gasteiger partial charge in [0.15, 0.2) is 0 Å². The van der Waals surface area contributed by atoms with E-state index in [1.807, 2.05) is 15.3 Å². The van der Waals surface area contributed by atoms with Crippen molar-refractivity contribution < 1.29 is 27.6 Å². The second kappa shape index (κ2) is 11.2. The van der Waals surface area contributed by atoms with Gasteiger partial charge in [0, 0.05) is 48.7 Å². The van der Waals surface area contributed by atoms with E-state index in [4.69, 9.17) is 4.74 Å². The number of nitrogens with one attached hydrogen (secondary N) is 1. The molecule has 2 aromatic rings. The van der Waals surface area contributed by atoms with E-state index in [0.29, 0.717) is 49.0 Å². The molecule has 0 saturated carbocycles. The molecule has 1 atom stereocenters. The first kappa shape index (κ1) is 24.6. The summed E-state index contributed by atoms with van der Waals surface area (Å²) < 4.78 is 49.5. The lowest BCUT2D eigenvalue weighted by Gasteiger charge is -2.32. The van der Waals surface area contributed by atoms with Gasteiger partial charge in [-0.2, -0.15) is 8.78 Å². The number of carbonyl (C=O) groups excluding carboxylic acids is 1. The second-order valence-electron chi connectivity index (χ2n) is 8.44. The average Bonchev–Trinajstić information content (AvgIpc) is 2.83. The van der Waals surface area contributed by atoms with E-state index in [1.165, 1.54) is 6.07 Å². The van der Waals surface area contributed by atoms with Gasteiger partial charge >= 0.3 is 6.61 Å². The lowest BCUT2D eigenvalue weighted by Crippen LogP contribution is -2.41. The van der Waals surface area contributed by atoms with Gasteiger partial charge < -0.3 is 24.2 Å². The third kappa shape index (κ3) is 6.11. The normalized spacial score (nSPS) is 17.7. The summed E-state index contributed by atoms with van der Waals surface area (Å²) in [5, 5.41) is 3.01. The fraction of sp³-hybridized carbons (Fsp3) is 0.458. The van der Waals surface area contributed by atoms with Gasteiger partial charge in [0.2, 0.25) is 0 Å². The molecule has 0 bridgehead atoms. The number of fused-ring (bicyclic) bond motifs is 1. The first-order chi connectivity index (χ1) is 16.4. The maximum atomic E-state index is 12.8. The van der Waals surface area contributed by atoms with Crippen LogP contribution in [0.25, 0.3) is 0 Å². The van der Waals surface area contributed by atoms with Crippen LogP contribution in [0.3, 0.4) is 0 Å². The Labute approximate surface area is 201 Å². The molecule has 0 spiro atoms. The zero-order valence-corrected chi connectivity index (χ0v) is 19.9. The van der Waals surface area contributed by atoms with Crippen molar-refractivity contribution in [3.05, 3.63) is 53.6 Å². The Balaban J connectivity index is 1.38. The third-order valence-electron chi connectivity index (χ3n) is 6.22. The van der Waals surface area contributed by atoms with Crippen molar-refractivity contribution in [1.82, 2.24) is 9.62 Å². The molecule has 0 aliphatic carbocycles. The Kier molecular flexibility index (Phi) is 8.12. The number of carbonyl (C=O) groups is 1. The summed E-state index contributed by atoms with van der Waals surface area (Å²) in [5.41, 5.74) is 1.96. The zero-order chi connectivity index (χ0) is 24.1. The molecule has 2 heterocycles. The second-order valence-corrected chi connectivity index (χ2v) is 9.81. The molecule has 2 aliphatic heterocycles. The molecule has 1 saturated heterocycles. The number of ether oxygens (including phenoxy) is 2. The van der Waals surface area contributed by atoms with Gasteiger partial charge in [-0.3, -0.25) is 4.79 Å². The van der Waals surface area contributed by atoms with Crippen LogP contribution in [0.4, 0.5) is 14.5 Å². The number of hydrogen-bond donors (Lipinski definition) is 1. The molecule has 1 amide bonds. The minimum atomic E-state index is -2.89. The van der Waals surface area contributed by atoms with Crippen LogP contribution in [0.1, 0.15) is 28.8 Å². The predicted octanol–water partition coefficient (Wildman–Crippen LogP) is 3.42. The quantitative estimate of drug-likeness (QED) is 0.568. The van der Waals surface area contributed by atoms with Crippen LogP contribution in [0, 0.1) is 5.92 Å². The number of piperidine rings is 1. The highest BCUT2D eigenvalue weighted by molar-refractivity contribution is 7.88. The summed E-state index contributed by atoms with van der Waals surface area (Å²) in [6.07, 6.45) is 3.50. The molecule has 0 radical (unpaired) electrons. The van der Waals surface area contributed by atoms with E-state index in [2.05, 4.69) is 10.1 Å². The Morgan fingerprint density at radius 3 is 2.74 bits per heavy atom. The molecule has 4 rings (SSSR count). The number of nitrogens with zero attached hydrogens (tertiary/aromatic N) is 2. The number of rotatable bonds is 8. The van der Waals surface area contributed by atoms with Crippen LogP contribution in [0.5, 0.6) is 11.5 Å². The predicted molar refractivity (Wildman–Crippen MR) is 127 cm³/mol.